The quantitative estimate of drug-likeness (QED) is 0.152. The summed E-state index contributed by atoms with van der Waals surface area (Å²) in [5.74, 6) is 1.61. The van der Waals surface area contributed by atoms with Crippen LogP contribution in [0.5, 0.6) is 0 Å². The van der Waals surface area contributed by atoms with Crippen LogP contribution >= 0.6 is 0 Å². The molecule has 5 heterocycles. The van der Waals surface area contributed by atoms with Gasteiger partial charge < -0.3 is 9.13 Å². The molecule has 17 aromatic rings. The molecule has 7 nitrogen and oxygen atoms in total. The maximum Gasteiger partial charge on any atom is 0.240 e. The molecule has 0 amide bonds. The van der Waals surface area contributed by atoms with Crippen molar-refractivity contribution in [3.05, 3.63) is 285 Å². The van der Waals surface area contributed by atoms with Crippen molar-refractivity contribution in [2.75, 3.05) is 0 Å². The van der Waals surface area contributed by atoms with Crippen molar-refractivity contribution >= 4 is 87.2 Å². The lowest BCUT2D eigenvalue weighted by molar-refractivity contribution is 0.893. The highest BCUT2D eigenvalue weighted by atomic mass is 15.3. The lowest BCUT2D eigenvalue weighted by Crippen LogP contribution is -2.10. The highest BCUT2D eigenvalue weighted by Gasteiger charge is 2.24. The third kappa shape index (κ3) is 7.06. The molecule has 382 valence electrons. The summed E-state index contributed by atoms with van der Waals surface area (Å²) in [5.41, 5.74) is 18.3. The van der Waals surface area contributed by atoms with Crippen molar-refractivity contribution < 1.29 is 0 Å². The van der Waals surface area contributed by atoms with E-state index < -0.39 is 0 Å². The Morgan fingerprint density at radius 1 is 0.195 bits per heavy atom. The minimum atomic E-state index is 0.521. The lowest BCUT2D eigenvalue weighted by atomic mass is 9.99. The molecule has 0 aliphatic carbocycles. The van der Waals surface area contributed by atoms with Gasteiger partial charge in [0.15, 0.2) is 5.82 Å². The number of para-hydroxylation sites is 6. The first-order valence-corrected chi connectivity index (χ1v) is 27.8. The summed E-state index contributed by atoms with van der Waals surface area (Å²) in [7, 11) is 0. The van der Waals surface area contributed by atoms with Crippen LogP contribution in [0.3, 0.4) is 0 Å². The van der Waals surface area contributed by atoms with E-state index in [2.05, 4.69) is 303 Å². The molecule has 0 aliphatic heterocycles. The molecule has 0 bridgehead atoms. The molecular formula is C75H47N7. The van der Waals surface area contributed by atoms with Crippen molar-refractivity contribution in [3.63, 3.8) is 0 Å². The van der Waals surface area contributed by atoms with Crippen LogP contribution < -0.4 is 0 Å². The van der Waals surface area contributed by atoms with Crippen LogP contribution in [0.15, 0.2) is 285 Å². The van der Waals surface area contributed by atoms with Gasteiger partial charge in [-0.05, 0) is 106 Å². The highest BCUT2D eigenvalue weighted by Crippen LogP contribution is 2.42. The Morgan fingerprint density at radius 2 is 0.488 bits per heavy atom. The Balaban J connectivity index is 0.904. The molecule has 0 saturated heterocycles. The number of nitrogens with zero attached hydrogens (tertiary/aromatic N) is 7. The lowest BCUT2D eigenvalue weighted by Gasteiger charge is -2.15. The molecule has 7 heteroatoms. The van der Waals surface area contributed by atoms with E-state index in [-0.39, 0.29) is 0 Å². The monoisotopic (exact) mass is 1050 g/mol. The summed E-state index contributed by atoms with van der Waals surface area (Å²) < 4.78 is 9.25. The predicted molar refractivity (Wildman–Crippen MR) is 339 cm³/mol. The molecule has 0 fully saturated rings. The fourth-order valence-corrected chi connectivity index (χ4v) is 13.0. The molecule has 12 aromatic carbocycles. The first-order chi connectivity index (χ1) is 40.7. The first-order valence-electron chi connectivity index (χ1n) is 27.8. The van der Waals surface area contributed by atoms with Crippen LogP contribution in [-0.4, -0.2) is 33.2 Å². The Labute approximate surface area is 471 Å². The average Bonchev–Trinajstić information content (AvgIpc) is 4.36. The molecule has 0 radical (unpaired) electrons. The van der Waals surface area contributed by atoms with Gasteiger partial charge in [0.25, 0.3) is 0 Å². The number of hydrogen-bond acceptors (Lipinski definition) is 3. The van der Waals surface area contributed by atoms with Crippen molar-refractivity contribution in [3.8, 4) is 68.0 Å². The van der Waals surface area contributed by atoms with Gasteiger partial charge in [0.1, 0.15) is 0 Å². The molecule has 5 aromatic heterocycles. The third-order valence-corrected chi connectivity index (χ3v) is 16.7. The number of benzene rings is 12. The van der Waals surface area contributed by atoms with Gasteiger partial charge in [-0.15, -0.1) is 0 Å². The van der Waals surface area contributed by atoms with Crippen LogP contribution in [-0.2, 0) is 0 Å². The topological polar surface area (TPSA) is 58.4 Å². The van der Waals surface area contributed by atoms with Gasteiger partial charge in [0.05, 0.1) is 44.1 Å². The second-order valence-corrected chi connectivity index (χ2v) is 21.2. The second-order valence-electron chi connectivity index (χ2n) is 21.2. The number of aromatic nitrogens is 7. The summed E-state index contributed by atoms with van der Waals surface area (Å²) in [5, 5.41) is 9.32. The summed E-state index contributed by atoms with van der Waals surface area (Å²) in [6.07, 6.45) is 0. The predicted octanol–water partition coefficient (Wildman–Crippen LogP) is 18.9. The fraction of sp³-hybridized carbons (Fsp3) is 0. The molecule has 0 saturated carbocycles. The van der Waals surface area contributed by atoms with Crippen LogP contribution in [0.4, 0.5) is 0 Å². The fourth-order valence-electron chi connectivity index (χ4n) is 13.0. The van der Waals surface area contributed by atoms with Gasteiger partial charge in [-0.1, -0.05) is 212 Å². The van der Waals surface area contributed by atoms with E-state index in [1.807, 2.05) is 0 Å². The van der Waals surface area contributed by atoms with Gasteiger partial charge >= 0.3 is 0 Å². The summed E-state index contributed by atoms with van der Waals surface area (Å²) >= 11 is 0. The van der Waals surface area contributed by atoms with E-state index in [1.54, 1.807) is 0 Å². The van der Waals surface area contributed by atoms with Crippen LogP contribution in [0, 0.1) is 0 Å². The Morgan fingerprint density at radius 3 is 0.878 bits per heavy atom. The maximum absolute atomic E-state index is 5.67. The van der Waals surface area contributed by atoms with Crippen molar-refractivity contribution in [1.29, 1.82) is 0 Å². The van der Waals surface area contributed by atoms with Gasteiger partial charge in [0, 0.05) is 60.0 Å². The molecule has 0 atom stereocenters. The Bertz CT molecular complexity index is 5100. The molecule has 17 rings (SSSR count). The summed E-state index contributed by atoms with van der Waals surface area (Å²) in [6, 6.07) is 102. The first kappa shape index (κ1) is 45.8. The van der Waals surface area contributed by atoms with Crippen LogP contribution in [0.25, 0.3) is 155 Å². The third-order valence-electron chi connectivity index (χ3n) is 16.7. The average molecular weight is 1050 g/mol. The number of fused-ring (bicyclic) bond motifs is 12. The second kappa shape index (κ2) is 18.2. The molecule has 0 aliphatic rings. The van der Waals surface area contributed by atoms with E-state index in [1.165, 1.54) is 32.6 Å². The van der Waals surface area contributed by atoms with E-state index in [4.69, 9.17) is 15.0 Å². The zero-order chi connectivity index (χ0) is 53.8. The minimum Gasteiger partial charge on any atom is -0.309 e. The summed E-state index contributed by atoms with van der Waals surface area (Å²) in [6.45, 7) is 0. The van der Waals surface area contributed by atoms with Gasteiger partial charge in [-0.3, -0.25) is 9.13 Å². The Kier molecular flexibility index (Phi) is 10.2. The zero-order valence-corrected chi connectivity index (χ0v) is 44.3. The van der Waals surface area contributed by atoms with Crippen molar-refractivity contribution in [1.82, 2.24) is 33.2 Å². The van der Waals surface area contributed by atoms with Crippen molar-refractivity contribution in [2.45, 2.75) is 0 Å². The van der Waals surface area contributed by atoms with Crippen LogP contribution in [0.1, 0.15) is 0 Å². The maximum atomic E-state index is 5.67. The standard InChI is InChI=1S/C75H47N7/c1-4-20-48(21-5-1)55-26-10-11-31-64(55)73-76-74(81-67-34-18-14-29-58(67)62-42-38-51(46-71(62)81)49-36-40-60-56-27-12-16-32-65(56)79(69(60)44-49)53-22-6-2-7-23-53)78-75(77-73)82-68-35-19-15-30-59(68)63-43-39-52(47-72(63)82)50-37-41-61-57-28-13-17-33-66(57)80(70(61)45-50)54-24-8-3-9-25-54/h1-47H. The van der Waals surface area contributed by atoms with Crippen LogP contribution in [0.2, 0.25) is 0 Å². The van der Waals surface area contributed by atoms with Gasteiger partial charge in [0.2, 0.25) is 11.9 Å². The van der Waals surface area contributed by atoms with E-state index in [0.717, 1.165) is 105 Å². The van der Waals surface area contributed by atoms with Gasteiger partial charge in [-0.25, -0.2) is 0 Å². The number of hydrogen-bond donors (Lipinski definition) is 0. The largest absolute Gasteiger partial charge is 0.309 e. The highest BCUT2D eigenvalue weighted by molar-refractivity contribution is 6.14. The molecule has 0 N–H and O–H groups in total. The zero-order valence-electron chi connectivity index (χ0n) is 44.3. The smallest absolute Gasteiger partial charge is 0.240 e. The van der Waals surface area contributed by atoms with E-state index >= 15 is 0 Å². The number of rotatable bonds is 8. The van der Waals surface area contributed by atoms with Crippen molar-refractivity contribution in [2.24, 2.45) is 0 Å². The molecular weight excluding hydrogens is 999 g/mol. The van der Waals surface area contributed by atoms with Gasteiger partial charge in [-0.2, -0.15) is 15.0 Å². The molecule has 0 spiro atoms. The summed E-state index contributed by atoms with van der Waals surface area (Å²) in [4.78, 5) is 16.8. The molecule has 82 heavy (non-hydrogen) atoms. The SMILES string of the molecule is c1ccc(-c2ccccc2-c2nc(-n3c4ccccc4c4ccc(-c5ccc6c7ccccc7n(-c7ccccc7)c6c5)cc43)nc(-n3c4ccccc4c4ccc(-c5ccc6c7ccccc7n(-c7ccccc7)c6c5)cc43)n2)cc1. The molecule has 0 unspecified atom stereocenters. The van der Waals surface area contributed by atoms with E-state index in [9.17, 15) is 0 Å². The normalized spacial score (nSPS) is 11.9. The Hall–Kier alpha value is -11.2. The van der Waals surface area contributed by atoms with E-state index in [0.29, 0.717) is 17.7 Å². The minimum absolute atomic E-state index is 0.521.